The summed E-state index contributed by atoms with van der Waals surface area (Å²) < 4.78 is 2.20. The normalized spacial score (nSPS) is 11.6. The van der Waals surface area contributed by atoms with Gasteiger partial charge in [-0.25, -0.2) is 0 Å². The maximum absolute atomic E-state index is 2.49. The van der Waals surface area contributed by atoms with Gasteiger partial charge in [-0.05, 0) is 24.6 Å². The zero-order valence-electron chi connectivity index (χ0n) is 9.83. The molecule has 1 aromatic rings. The molecule has 0 atom stereocenters. The van der Waals surface area contributed by atoms with Gasteiger partial charge in [-0.1, -0.05) is 20.8 Å². The molecule has 80 valence electrons. The van der Waals surface area contributed by atoms with Gasteiger partial charge >= 0.3 is 0 Å². The summed E-state index contributed by atoms with van der Waals surface area (Å²) in [6, 6.07) is 4.31. The summed E-state index contributed by atoms with van der Waals surface area (Å²) in [6.45, 7) is 10.1. The second-order valence-electron chi connectivity index (χ2n) is 4.33. The van der Waals surface area contributed by atoms with E-state index in [2.05, 4.69) is 55.6 Å². The zero-order valence-corrected chi connectivity index (χ0v) is 9.83. The van der Waals surface area contributed by atoms with E-state index in [9.17, 15) is 0 Å². The van der Waals surface area contributed by atoms with Crippen molar-refractivity contribution in [2.75, 3.05) is 13.1 Å². The standard InChI is InChI=1S/C12H22N2/c1-5-14(9-11(2)3)10-12-7-6-8-13(12)4/h6-8,11H,5,9-10H2,1-4H3. The average molecular weight is 194 g/mol. The molecular weight excluding hydrogens is 172 g/mol. The van der Waals surface area contributed by atoms with Gasteiger partial charge in [-0.2, -0.15) is 0 Å². The van der Waals surface area contributed by atoms with Gasteiger partial charge in [0.15, 0.2) is 0 Å². The molecule has 0 unspecified atom stereocenters. The van der Waals surface area contributed by atoms with Gasteiger partial charge < -0.3 is 4.57 Å². The van der Waals surface area contributed by atoms with Crippen molar-refractivity contribution >= 4 is 0 Å². The SMILES string of the molecule is CCN(Cc1cccn1C)CC(C)C. The minimum absolute atomic E-state index is 0.746. The van der Waals surface area contributed by atoms with E-state index < -0.39 is 0 Å². The number of hydrogen-bond acceptors (Lipinski definition) is 1. The minimum atomic E-state index is 0.746. The van der Waals surface area contributed by atoms with Crippen LogP contribution in [0.4, 0.5) is 0 Å². The van der Waals surface area contributed by atoms with E-state index in [0.717, 1.165) is 19.0 Å². The summed E-state index contributed by atoms with van der Waals surface area (Å²) >= 11 is 0. The Kier molecular flexibility index (Phi) is 4.21. The van der Waals surface area contributed by atoms with Crippen LogP contribution in [0.2, 0.25) is 0 Å². The van der Waals surface area contributed by atoms with Crippen molar-refractivity contribution < 1.29 is 0 Å². The molecule has 1 rings (SSSR count). The summed E-state index contributed by atoms with van der Waals surface area (Å²) in [5.41, 5.74) is 1.40. The second kappa shape index (κ2) is 5.20. The molecule has 2 nitrogen and oxygen atoms in total. The van der Waals surface area contributed by atoms with Gasteiger partial charge in [0.1, 0.15) is 0 Å². The van der Waals surface area contributed by atoms with Gasteiger partial charge in [-0.15, -0.1) is 0 Å². The molecule has 0 aliphatic heterocycles. The van der Waals surface area contributed by atoms with Crippen molar-refractivity contribution in [2.45, 2.75) is 27.3 Å². The molecule has 0 spiro atoms. The lowest BCUT2D eigenvalue weighted by Gasteiger charge is -2.22. The van der Waals surface area contributed by atoms with Gasteiger partial charge in [0.25, 0.3) is 0 Å². The van der Waals surface area contributed by atoms with Gasteiger partial charge in [0.05, 0.1) is 0 Å². The van der Waals surface area contributed by atoms with Gasteiger partial charge in [0, 0.05) is 32.0 Å². The predicted molar refractivity (Wildman–Crippen MR) is 61.2 cm³/mol. The van der Waals surface area contributed by atoms with Crippen LogP contribution in [0, 0.1) is 5.92 Å². The Morgan fingerprint density at radius 1 is 1.43 bits per heavy atom. The summed E-state index contributed by atoms with van der Waals surface area (Å²) in [5, 5.41) is 0. The topological polar surface area (TPSA) is 8.17 Å². The van der Waals surface area contributed by atoms with Crippen molar-refractivity contribution in [3.8, 4) is 0 Å². The van der Waals surface area contributed by atoms with Gasteiger partial charge in [-0.3, -0.25) is 4.90 Å². The Balaban J connectivity index is 2.52. The lowest BCUT2D eigenvalue weighted by atomic mass is 10.2. The van der Waals surface area contributed by atoms with Crippen molar-refractivity contribution in [1.29, 1.82) is 0 Å². The molecule has 0 saturated heterocycles. The molecule has 2 heteroatoms. The van der Waals surface area contributed by atoms with E-state index in [1.54, 1.807) is 0 Å². The summed E-state index contributed by atoms with van der Waals surface area (Å²) in [7, 11) is 2.11. The van der Waals surface area contributed by atoms with Crippen LogP contribution in [-0.2, 0) is 13.6 Å². The van der Waals surface area contributed by atoms with Crippen LogP contribution >= 0.6 is 0 Å². The highest BCUT2D eigenvalue weighted by Crippen LogP contribution is 2.07. The number of nitrogens with zero attached hydrogens (tertiary/aromatic N) is 2. The largest absolute Gasteiger partial charge is 0.353 e. The molecule has 0 saturated carbocycles. The number of aromatic nitrogens is 1. The third-order valence-corrected chi connectivity index (χ3v) is 2.51. The highest BCUT2D eigenvalue weighted by molar-refractivity contribution is 5.06. The maximum Gasteiger partial charge on any atom is 0.0387 e. The Morgan fingerprint density at radius 3 is 2.57 bits per heavy atom. The van der Waals surface area contributed by atoms with Crippen molar-refractivity contribution in [2.24, 2.45) is 13.0 Å². The lowest BCUT2D eigenvalue weighted by Crippen LogP contribution is -2.27. The predicted octanol–water partition coefficient (Wildman–Crippen LogP) is 2.50. The smallest absolute Gasteiger partial charge is 0.0387 e. The molecular formula is C12H22N2. The molecule has 0 aliphatic rings. The van der Waals surface area contributed by atoms with E-state index in [-0.39, 0.29) is 0 Å². The fraction of sp³-hybridized carbons (Fsp3) is 0.667. The summed E-state index contributed by atoms with van der Waals surface area (Å²) in [6.07, 6.45) is 2.11. The van der Waals surface area contributed by atoms with Crippen LogP contribution in [0.15, 0.2) is 18.3 Å². The van der Waals surface area contributed by atoms with Crippen molar-refractivity contribution in [3.63, 3.8) is 0 Å². The number of aryl methyl sites for hydroxylation is 1. The quantitative estimate of drug-likeness (QED) is 0.699. The second-order valence-corrected chi connectivity index (χ2v) is 4.33. The molecule has 0 fully saturated rings. The average Bonchev–Trinajstić information content (AvgIpc) is 2.50. The minimum Gasteiger partial charge on any atom is -0.353 e. The van der Waals surface area contributed by atoms with E-state index in [1.165, 1.54) is 12.2 Å². The van der Waals surface area contributed by atoms with Crippen LogP contribution < -0.4 is 0 Å². The Labute approximate surface area is 87.5 Å². The Bertz CT molecular complexity index is 263. The highest BCUT2D eigenvalue weighted by Gasteiger charge is 2.07. The molecule has 0 aromatic carbocycles. The molecule has 0 amide bonds. The number of hydrogen-bond donors (Lipinski definition) is 0. The zero-order chi connectivity index (χ0) is 10.6. The summed E-state index contributed by atoms with van der Waals surface area (Å²) in [4.78, 5) is 2.49. The van der Waals surface area contributed by atoms with E-state index in [0.29, 0.717) is 0 Å². The van der Waals surface area contributed by atoms with Crippen LogP contribution in [0.3, 0.4) is 0 Å². The van der Waals surface area contributed by atoms with E-state index in [1.807, 2.05) is 0 Å². The molecule has 0 radical (unpaired) electrons. The monoisotopic (exact) mass is 194 g/mol. The van der Waals surface area contributed by atoms with Crippen LogP contribution in [0.1, 0.15) is 26.5 Å². The Hall–Kier alpha value is -0.760. The van der Waals surface area contributed by atoms with Crippen molar-refractivity contribution in [3.05, 3.63) is 24.0 Å². The van der Waals surface area contributed by atoms with E-state index in [4.69, 9.17) is 0 Å². The summed E-state index contributed by atoms with van der Waals surface area (Å²) in [5.74, 6) is 0.746. The lowest BCUT2D eigenvalue weighted by molar-refractivity contribution is 0.243. The van der Waals surface area contributed by atoms with Gasteiger partial charge in [0.2, 0.25) is 0 Å². The molecule has 1 aromatic heterocycles. The van der Waals surface area contributed by atoms with Crippen LogP contribution in [0.25, 0.3) is 0 Å². The molecule has 0 N–H and O–H groups in total. The highest BCUT2D eigenvalue weighted by atomic mass is 15.1. The molecule has 0 bridgehead atoms. The fourth-order valence-corrected chi connectivity index (χ4v) is 1.71. The molecule has 0 aliphatic carbocycles. The fourth-order valence-electron chi connectivity index (χ4n) is 1.71. The Morgan fingerprint density at radius 2 is 2.14 bits per heavy atom. The number of rotatable bonds is 5. The van der Waals surface area contributed by atoms with E-state index >= 15 is 0 Å². The van der Waals surface area contributed by atoms with Crippen molar-refractivity contribution in [1.82, 2.24) is 9.47 Å². The van der Waals surface area contributed by atoms with Crippen LogP contribution in [-0.4, -0.2) is 22.6 Å². The third-order valence-electron chi connectivity index (χ3n) is 2.51. The van der Waals surface area contributed by atoms with Crippen LogP contribution in [0.5, 0.6) is 0 Å². The third kappa shape index (κ3) is 3.18. The first-order chi connectivity index (χ1) is 6.63. The molecule has 1 heterocycles. The molecule has 14 heavy (non-hydrogen) atoms. The maximum atomic E-state index is 2.49. The first kappa shape index (κ1) is 11.3. The first-order valence-corrected chi connectivity index (χ1v) is 5.46. The first-order valence-electron chi connectivity index (χ1n) is 5.46.